The van der Waals surface area contributed by atoms with Gasteiger partial charge in [0.15, 0.2) is 11.5 Å². The Labute approximate surface area is 211 Å². The SMILES string of the molecule is O=C(NC1Cc2ccccc2C1)c1nccnc1NC(=O)N1CCC(NCOC2CCCNC2)CC1. The van der Waals surface area contributed by atoms with Gasteiger partial charge in [-0.25, -0.2) is 14.8 Å². The highest BCUT2D eigenvalue weighted by atomic mass is 16.5. The van der Waals surface area contributed by atoms with E-state index in [4.69, 9.17) is 4.74 Å². The van der Waals surface area contributed by atoms with Gasteiger partial charge < -0.3 is 20.3 Å². The molecule has 2 saturated heterocycles. The third-order valence-corrected chi connectivity index (χ3v) is 7.25. The third kappa shape index (κ3) is 6.18. The molecule has 1 aliphatic carbocycles. The highest BCUT2D eigenvalue weighted by Gasteiger charge is 2.27. The van der Waals surface area contributed by atoms with Gasteiger partial charge >= 0.3 is 6.03 Å². The molecule has 0 radical (unpaired) electrons. The van der Waals surface area contributed by atoms with E-state index in [2.05, 4.69) is 43.4 Å². The number of hydrogen-bond donors (Lipinski definition) is 4. The smallest absolute Gasteiger partial charge is 0.323 e. The first-order chi connectivity index (χ1) is 17.7. The van der Waals surface area contributed by atoms with Gasteiger partial charge in [0.25, 0.3) is 5.91 Å². The van der Waals surface area contributed by atoms with Gasteiger partial charge in [-0.15, -0.1) is 0 Å². The van der Waals surface area contributed by atoms with Crippen molar-refractivity contribution in [1.29, 1.82) is 0 Å². The maximum Gasteiger partial charge on any atom is 0.323 e. The Kier molecular flexibility index (Phi) is 8.04. The van der Waals surface area contributed by atoms with Crippen LogP contribution in [0.15, 0.2) is 36.7 Å². The second-order valence-corrected chi connectivity index (χ2v) is 9.78. The molecular formula is C26H35N7O3. The normalized spacial score (nSPS) is 20.7. The fraction of sp³-hybridized carbons (Fsp3) is 0.538. The molecule has 2 aromatic rings. The number of aromatic nitrogens is 2. The number of urea groups is 1. The molecule has 10 heteroatoms. The molecule has 10 nitrogen and oxygen atoms in total. The number of carbonyl (C=O) groups is 2. The van der Waals surface area contributed by atoms with Gasteiger partial charge in [-0.05, 0) is 56.2 Å². The quantitative estimate of drug-likeness (QED) is 0.433. The minimum atomic E-state index is -0.327. The van der Waals surface area contributed by atoms with Crippen molar-refractivity contribution in [1.82, 2.24) is 30.8 Å². The fourth-order valence-corrected chi connectivity index (χ4v) is 5.22. The summed E-state index contributed by atoms with van der Waals surface area (Å²) in [5, 5.41) is 12.7. The molecule has 1 atom stereocenters. The summed E-state index contributed by atoms with van der Waals surface area (Å²) in [7, 11) is 0. The number of rotatable bonds is 7. The lowest BCUT2D eigenvalue weighted by atomic mass is 10.1. The number of amides is 3. The van der Waals surface area contributed by atoms with Crippen molar-refractivity contribution in [2.75, 3.05) is 38.2 Å². The van der Waals surface area contributed by atoms with Gasteiger partial charge in [0.1, 0.15) is 0 Å². The summed E-state index contributed by atoms with van der Waals surface area (Å²) in [4.78, 5) is 36.1. The maximum atomic E-state index is 13.0. The molecule has 3 heterocycles. The Morgan fingerprint density at radius 2 is 1.78 bits per heavy atom. The van der Waals surface area contributed by atoms with Gasteiger partial charge in [0, 0.05) is 44.1 Å². The molecule has 2 fully saturated rings. The van der Waals surface area contributed by atoms with Crippen LogP contribution in [0.25, 0.3) is 0 Å². The number of fused-ring (bicyclic) bond motifs is 1. The molecular weight excluding hydrogens is 458 g/mol. The van der Waals surface area contributed by atoms with Crippen molar-refractivity contribution < 1.29 is 14.3 Å². The summed E-state index contributed by atoms with van der Waals surface area (Å²) in [6, 6.07) is 8.28. The molecule has 1 aromatic carbocycles. The van der Waals surface area contributed by atoms with Crippen LogP contribution in [-0.2, 0) is 17.6 Å². The minimum Gasteiger partial charge on any atom is -0.362 e. The van der Waals surface area contributed by atoms with Crippen molar-refractivity contribution in [3.05, 3.63) is 53.5 Å². The van der Waals surface area contributed by atoms with E-state index in [-0.39, 0.29) is 35.6 Å². The van der Waals surface area contributed by atoms with Crippen LogP contribution in [0.5, 0.6) is 0 Å². The van der Waals surface area contributed by atoms with Gasteiger partial charge in [-0.1, -0.05) is 24.3 Å². The Balaban J connectivity index is 1.08. The van der Waals surface area contributed by atoms with Crippen molar-refractivity contribution >= 4 is 17.8 Å². The number of piperidine rings is 2. The Morgan fingerprint density at radius 1 is 1.03 bits per heavy atom. The van der Waals surface area contributed by atoms with Crippen molar-refractivity contribution in [2.45, 2.75) is 56.7 Å². The van der Waals surface area contributed by atoms with Crippen LogP contribution in [0.4, 0.5) is 10.6 Å². The summed E-state index contributed by atoms with van der Waals surface area (Å²) in [5.74, 6) is -0.141. The van der Waals surface area contributed by atoms with Crippen LogP contribution in [0.1, 0.15) is 47.3 Å². The number of likely N-dealkylation sites (tertiary alicyclic amines) is 1. The summed E-state index contributed by atoms with van der Waals surface area (Å²) in [6.45, 7) is 3.77. The van der Waals surface area contributed by atoms with Crippen LogP contribution in [0.2, 0.25) is 0 Å². The summed E-state index contributed by atoms with van der Waals surface area (Å²) in [6.07, 6.45) is 8.74. The van der Waals surface area contributed by atoms with Crippen LogP contribution >= 0.6 is 0 Å². The van der Waals surface area contributed by atoms with Crippen molar-refractivity contribution in [3.63, 3.8) is 0 Å². The first-order valence-electron chi connectivity index (χ1n) is 13.0. The molecule has 0 bridgehead atoms. The monoisotopic (exact) mass is 493 g/mol. The number of carbonyl (C=O) groups excluding carboxylic acids is 2. The van der Waals surface area contributed by atoms with Crippen molar-refractivity contribution in [2.24, 2.45) is 0 Å². The van der Waals surface area contributed by atoms with Gasteiger partial charge in [0.05, 0.1) is 12.8 Å². The predicted octanol–water partition coefficient (Wildman–Crippen LogP) is 1.69. The number of nitrogens with zero attached hydrogens (tertiary/aromatic N) is 3. The standard InChI is InChI=1S/C26H35N7O3/c34-25(31-21-14-18-4-1-2-5-19(18)15-21)23-24(29-11-10-28-23)32-26(35)33-12-7-20(8-13-33)30-17-36-22-6-3-9-27-16-22/h1-2,4-5,10-11,20-22,27,30H,3,6-9,12-17H2,(H,31,34)(H,29,32,35). The van der Waals surface area contributed by atoms with Crippen LogP contribution in [0, 0.1) is 0 Å². The highest BCUT2D eigenvalue weighted by Crippen LogP contribution is 2.22. The van der Waals surface area contributed by atoms with E-state index in [9.17, 15) is 9.59 Å². The Hall–Kier alpha value is -3.08. The topological polar surface area (TPSA) is 121 Å². The molecule has 192 valence electrons. The Bertz CT molecular complexity index is 1030. The zero-order valence-corrected chi connectivity index (χ0v) is 20.5. The van der Waals surface area contributed by atoms with Crippen LogP contribution < -0.4 is 21.3 Å². The maximum absolute atomic E-state index is 13.0. The number of nitrogens with one attached hydrogen (secondary N) is 4. The molecule has 1 aromatic heterocycles. The Morgan fingerprint density at radius 3 is 2.50 bits per heavy atom. The van der Waals surface area contributed by atoms with Crippen LogP contribution in [0.3, 0.4) is 0 Å². The highest BCUT2D eigenvalue weighted by molar-refractivity contribution is 6.00. The number of anilines is 1. The summed E-state index contributed by atoms with van der Waals surface area (Å²) in [5.41, 5.74) is 2.64. The molecule has 3 amide bonds. The van der Waals surface area contributed by atoms with E-state index in [0.717, 1.165) is 51.6 Å². The fourth-order valence-electron chi connectivity index (χ4n) is 5.22. The predicted molar refractivity (Wildman–Crippen MR) is 136 cm³/mol. The third-order valence-electron chi connectivity index (χ3n) is 7.25. The second kappa shape index (κ2) is 11.8. The van der Waals surface area contributed by atoms with E-state index in [1.165, 1.54) is 23.5 Å². The first kappa shape index (κ1) is 24.6. The molecule has 1 unspecified atom stereocenters. The van der Waals surface area contributed by atoms with Crippen molar-refractivity contribution in [3.8, 4) is 0 Å². The average Bonchev–Trinajstić information content (AvgIpc) is 3.32. The van der Waals surface area contributed by atoms with E-state index in [1.54, 1.807) is 4.90 Å². The number of hydrogen-bond acceptors (Lipinski definition) is 7. The van der Waals surface area contributed by atoms with Gasteiger partial charge in [-0.3, -0.25) is 15.4 Å². The van der Waals surface area contributed by atoms with E-state index in [1.807, 2.05) is 12.1 Å². The summed E-state index contributed by atoms with van der Waals surface area (Å²) >= 11 is 0. The zero-order chi connectivity index (χ0) is 24.7. The molecule has 36 heavy (non-hydrogen) atoms. The lowest BCUT2D eigenvalue weighted by Gasteiger charge is -2.33. The molecule has 4 N–H and O–H groups in total. The minimum absolute atomic E-state index is 0.00495. The summed E-state index contributed by atoms with van der Waals surface area (Å²) < 4.78 is 5.92. The largest absolute Gasteiger partial charge is 0.362 e. The molecule has 3 aliphatic rings. The van der Waals surface area contributed by atoms with E-state index < -0.39 is 0 Å². The van der Waals surface area contributed by atoms with E-state index in [0.29, 0.717) is 25.9 Å². The zero-order valence-electron chi connectivity index (χ0n) is 20.5. The lowest BCUT2D eigenvalue weighted by molar-refractivity contribution is 0.0179. The molecule has 0 spiro atoms. The molecule has 2 aliphatic heterocycles. The lowest BCUT2D eigenvalue weighted by Crippen LogP contribution is -2.47. The molecule has 5 rings (SSSR count). The van der Waals surface area contributed by atoms with E-state index >= 15 is 0 Å². The number of benzene rings is 1. The first-order valence-corrected chi connectivity index (χ1v) is 13.0. The second-order valence-electron chi connectivity index (χ2n) is 9.78. The molecule has 0 saturated carbocycles. The number of ether oxygens (including phenoxy) is 1. The van der Waals surface area contributed by atoms with Gasteiger partial charge in [0.2, 0.25) is 0 Å². The average molecular weight is 494 g/mol. The van der Waals surface area contributed by atoms with Crippen LogP contribution in [-0.4, -0.2) is 77.9 Å². The van der Waals surface area contributed by atoms with Gasteiger partial charge in [-0.2, -0.15) is 0 Å².